The summed E-state index contributed by atoms with van der Waals surface area (Å²) < 4.78 is 0. The highest BCUT2D eigenvalue weighted by molar-refractivity contribution is 7.99. The second kappa shape index (κ2) is 12.5. The van der Waals surface area contributed by atoms with E-state index in [4.69, 9.17) is 5.21 Å². The molecule has 3 amide bonds. The molecule has 0 aliphatic heterocycles. The predicted molar refractivity (Wildman–Crippen MR) is 110 cm³/mol. The molecule has 1 heterocycles. The number of rotatable bonds is 11. The highest BCUT2D eigenvalue weighted by Gasteiger charge is 2.21. The van der Waals surface area contributed by atoms with Crippen molar-refractivity contribution in [2.24, 2.45) is 0 Å². The van der Waals surface area contributed by atoms with Crippen LogP contribution in [-0.4, -0.2) is 45.5 Å². The monoisotopic (exact) mass is 416 g/mol. The Morgan fingerprint density at radius 1 is 1.10 bits per heavy atom. The van der Waals surface area contributed by atoms with Gasteiger partial charge in [-0.3, -0.25) is 24.6 Å². The molecule has 0 saturated carbocycles. The number of pyridine rings is 1. The molecule has 0 fully saturated rings. The van der Waals surface area contributed by atoms with Crippen LogP contribution < -0.4 is 16.1 Å². The molecular formula is C20H24N4O4S. The van der Waals surface area contributed by atoms with Crippen molar-refractivity contribution in [3.8, 4) is 0 Å². The lowest BCUT2D eigenvalue weighted by Gasteiger charge is -2.18. The van der Waals surface area contributed by atoms with E-state index in [1.165, 1.54) is 18.0 Å². The van der Waals surface area contributed by atoms with Gasteiger partial charge in [0.15, 0.2) is 0 Å². The molecule has 8 nitrogen and oxygen atoms in total. The number of aromatic nitrogens is 1. The summed E-state index contributed by atoms with van der Waals surface area (Å²) >= 11 is 1.45. The molecule has 1 aromatic carbocycles. The molecule has 0 spiro atoms. The number of amides is 3. The summed E-state index contributed by atoms with van der Waals surface area (Å²) in [5.74, 6) is -0.149. The van der Waals surface area contributed by atoms with E-state index in [-0.39, 0.29) is 18.2 Å². The quantitative estimate of drug-likeness (QED) is 0.250. The molecule has 2 rings (SSSR count). The Morgan fingerprint density at radius 2 is 1.90 bits per heavy atom. The average Bonchev–Trinajstić information content (AvgIpc) is 2.77. The topological polar surface area (TPSA) is 120 Å². The molecule has 0 unspecified atom stereocenters. The van der Waals surface area contributed by atoms with Crippen molar-refractivity contribution in [3.63, 3.8) is 0 Å². The van der Waals surface area contributed by atoms with E-state index in [1.807, 2.05) is 30.3 Å². The second-order valence-electron chi connectivity index (χ2n) is 6.18. The number of hydrogen-bond donors (Lipinski definition) is 4. The van der Waals surface area contributed by atoms with E-state index >= 15 is 0 Å². The number of carbonyl (C=O) groups excluding carboxylic acids is 3. The first-order valence-electron chi connectivity index (χ1n) is 9.13. The highest BCUT2D eigenvalue weighted by Crippen LogP contribution is 2.09. The molecule has 154 valence electrons. The van der Waals surface area contributed by atoms with Crippen LogP contribution in [0.1, 0.15) is 28.8 Å². The normalized spacial score (nSPS) is 11.3. The smallest absolute Gasteiger partial charge is 0.253 e. The number of nitrogens with one attached hydrogen (secondary N) is 3. The third-order valence-corrected chi connectivity index (χ3v) is 5.10. The Kier molecular flexibility index (Phi) is 9.67. The first-order chi connectivity index (χ1) is 14.1. The summed E-state index contributed by atoms with van der Waals surface area (Å²) in [5.41, 5.74) is 2.92. The third-order valence-electron chi connectivity index (χ3n) is 3.96. The Labute approximate surface area is 173 Å². The summed E-state index contributed by atoms with van der Waals surface area (Å²) in [6, 6.07) is 12.0. The molecule has 2 aromatic rings. The number of hydrogen-bond acceptors (Lipinski definition) is 6. The van der Waals surface area contributed by atoms with Crippen molar-refractivity contribution in [1.29, 1.82) is 0 Å². The van der Waals surface area contributed by atoms with Crippen molar-refractivity contribution in [2.75, 3.05) is 11.5 Å². The van der Waals surface area contributed by atoms with Crippen LogP contribution in [0.25, 0.3) is 0 Å². The summed E-state index contributed by atoms with van der Waals surface area (Å²) in [7, 11) is 0. The van der Waals surface area contributed by atoms with Gasteiger partial charge in [0.1, 0.15) is 6.04 Å². The van der Waals surface area contributed by atoms with Crippen LogP contribution in [0, 0.1) is 0 Å². The largest absolute Gasteiger partial charge is 0.350 e. The fraction of sp³-hybridized carbons (Fsp3) is 0.300. The molecule has 0 aliphatic carbocycles. The number of thioether (sulfide) groups is 1. The van der Waals surface area contributed by atoms with Gasteiger partial charge in [0, 0.05) is 31.1 Å². The summed E-state index contributed by atoms with van der Waals surface area (Å²) in [6.07, 6.45) is 3.75. The molecule has 0 bridgehead atoms. The van der Waals surface area contributed by atoms with Gasteiger partial charge in [-0.1, -0.05) is 30.3 Å². The lowest BCUT2D eigenvalue weighted by molar-refractivity contribution is -0.129. The summed E-state index contributed by atoms with van der Waals surface area (Å²) in [6.45, 7) is 0.361. The van der Waals surface area contributed by atoms with Gasteiger partial charge in [0.05, 0.1) is 5.56 Å². The third kappa shape index (κ3) is 8.32. The van der Waals surface area contributed by atoms with Gasteiger partial charge in [-0.05, 0) is 29.9 Å². The Balaban J connectivity index is 1.91. The van der Waals surface area contributed by atoms with Crippen LogP contribution in [0.15, 0.2) is 54.9 Å². The zero-order chi connectivity index (χ0) is 20.9. The van der Waals surface area contributed by atoms with Gasteiger partial charge in [-0.25, -0.2) is 5.48 Å². The van der Waals surface area contributed by atoms with Crippen LogP contribution in [0.3, 0.4) is 0 Å². The van der Waals surface area contributed by atoms with E-state index in [0.717, 1.165) is 5.56 Å². The lowest BCUT2D eigenvalue weighted by atomic mass is 10.2. The van der Waals surface area contributed by atoms with E-state index in [9.17, 15) is 14.4 Å². The van der Waals surface area contributed by atoms with E-state index in [0.29, 0.717) is 30.0 Å². The van der Waals surface area contributed by atoms with Crippen LogP contribution in [0.4, 0.5) is 0 Å². The standard InChI is InChI=1S/C20H24N4O4S/c25-18(24-28)9-5-11-29-14-17(23-19(26)16-8-4-10-21-13-16)20(27)22-12-15-6-2-1-3-7-15/h1-4,6-8,10,13,17,28H,5,9,11-12,14H2,(H,22,27)(H,23,26)(H,24,25)/t17-/m0/s1. The summed E-state index contributed by atoms with van der Waals surface area (Å²) in [4.78, 5) is 40.0. The SMILES string of the molecule is O=C(CCCSC[C@H](NC(=O)c1cccnc1)C(=O)NCc1ccccc1)NO. The minimum absolute atomic E-state index is 0.191. The fourth-order valence-electron chi connectivity index (χ4n) is 2.42. The van der Waals surface area contributed by atoms with Crippen molar-refractivity contribution in [3.05, 3.63) is 66.0 Å². The summed E-state index contributed by atoms with van der Waals surface area (Å²) in [5, 5.41) is 14.1. The van der Waals surface area contributed by atoms with Gasteiger partial charge >= 0.3 is 0 Å². The van der Waals surface area contributed by atoms with Crippen LogP contribution in [0.2, 0.25) is 0 Å². The molecule has 4 N–H and O–H groups in total. The molecule has 9 heteroatoms. The van der Waals surface area contributed by atoms with Gasteiger partial charge in [-0.15, -0.1) is 0 Å². The maximum Gasteiger partial charge on any atom is 0.253 e. The number of carbonyl (C=O) groups is 3. The second-order valence-corrected chi connectivity index (χ2v) is 7.33. The molecule has 1 atom stereocenters. The molecule has 0 radical (unpaired) electrons. The number of nitrogens with zero attached hydrogens (tertiary/aromatic N) is 1. The molecule has 0 saturated heterocycles. The van der Waals surface area contributed by atoms with E-state index in [1.54, 1.807) is 23.8 Å². The Morgan fingerprint density at radius 3 is 2.59 bits per heavy atom. The van der Waals surface area contributed by atoms with Gasteiger partial charge < -0.3 is 10.6 Å². The van der Waals surface area contributed by atoms with Crippen LogP contribution in [-0.2, 0) is 16.1 Å². The zero-order valence-electron chi connectivity index (χ0n) is 15.8. The van der Waals surface area contributed by atoms with Crippen molar-refractivity contribution in [2.45, 2.75) is 25.4 Å². The van der Waals surface area contributed by atoms with Crippen LogP contribution in [0.5, 0.6) is 0 Å². The van der Waals surface area contributed by atoms with Gasteiger partial charge in [0.2, 0.25) is 11.8 Å². The fourth-order valence-corrected chi connectivity index (χ4v) is 3.41. The minimum Gasteiger partial charge on any atom is -0.350 e. The number of hydroxylamine groups is 1. The minimum atomic E-state index is -0.733. The van der Waals surface area contributed by atoms with Crippen molar-refractivity contribution in [1.82, 2.24) is 21.1 Å². The Bertz CT molecular complexity index is 790. The lowest BCUT2D eigenvalue weighted by Crippen LogP contribution is -2.48. The molecule has 1 aromatic heterocycles. The van der Waals surface area contributed by atoms with Gasteiger partial charge in [0.25, 0.3) is 5.91 Å². The first kappa shape index (κ1) is 22.4. The average molecular weight is 417 g/mol. The van der Waals surface area contributed by atoms with Crippen LogP contribution >= 0.6 is 11.8 Å². The van der Waals surface area contributed by atoms with E-state index in [2.05, 4.69) is 15.6 Å². The molecular weight excluding hydrogens is 392 g/mol. The number of benzene rings is 1. The maximum atomic E-state index is 12.6. The predicted octanol–water partition coefficient (Wildman–Crippen LogP) is 1.52. The zero-order valence-corrected chi connectivity index (χ0v) is 16.7. The highest BCUT2D eigenvalue weighted by atomic mass is 32.2. The first-order valence-corrected chi connectivity index (χ1v) is 10.3. The van der Waals surface area contributed by atoms with E-state index < -0.39 is 11.9 Å². The molecule has 0 aliphatic rings. The van der Waals surface area contributed by atoms with Gasteiger partial charge in [-0.2, -0.15) is 11.8 Å². The maximum absolute atomic E-state index is 12.6. The van der Waals surface area contributed by atoms with Crippen molar-refractivity contribution < 1.29 is 19.6 Å². The van der Waals surface area contributed by atoms with Crippen molar-refractivity contribution >= 4 is 29.5 Å². The Hall–Kier alpha value is -2.91. The molecule has 29 heavy (non-hydrogen) atoms.